The van der Waals surface area contributed by atoms with Gasteiger partial charge in [0.05, 0.1) is 23.3 Å². The molecule has 2 atom stereocenters. The molecule has 9 heteroatoms. The zero-order valence-corrected chi connectivity index (χ0v) is 18.8. The molecule has 1 aliphatic rings. The number of nitrogens with one attached hydrogen (secondary N) is 1. The Morgan fingerprint density at radius 3 is 2.65 bits per heavy atom. The normalized spacial score (nSPS) is 17.4. The molecule has 0 amide bonds. The van der Waals surface area contributed by atoms with Crippen molar-refractivity contribution in [3.05, 3.63) is 57.8 Å². The van der Waals surface area contributed by atoms with Crippen LogP contribution in [0.5, 0.6) is 0 Å². The lowest BCUT2D eigenvalue weighted by Crippen LogP contribution is -2.45. The van der Waals surface area contributed by atoms with E-state index in [1.54, 1.807) is 26.1 Å². The molecule has 5 nitrogen and oxygen atoms in total. The highest BCUT2D eigenvalue weighted by molar-refractivity contribution is 9.10. The second-order valence-corrected chi connectivity index (χ2v) is 9.03. The Morgan fingerprint density at radius 1 is 1.26 bits per heavy atom. The second kappa shape index (κ2) is 7.70. The standard InChI is InChI=1S/C22H22BrF3N4O/c1-11(28-20-15-9-18(23)27-10-17(15)29-12(2)30-20)14-5-4-6-16(19(14)24)22(25,26)21(3,31)13-7-8-13/h4-6,9-11,13,31H,7-8H2,1-3H3,(H,28,29,30)/t11-,21-/m1/s1. The van der Waals surface area contributed by atoms with Gasteiger partial charge in [0.25, 0.3) is 0 Å². The van der Waals surface area contributed by atoms with Crippen LogP contribution in [-0.2, 0) is 5.92 Å². The van der Waals surface area contributed by atoms with Gasteiger partial charge in [0.15, 0.2) is 0 Å². The fraction of sp³-hybridized carbons (Fsp3) is 0.409. The van der Waals surface area contributed by atoms with Crippen molar-refractivity contribution in [2.45, 2.75) is 51.2 Å². The Kier molecular flexibility index (Phi) is 5.46. The average molecular weight is 495 g/mol. The zero-order chi connectivity index (χ0) is 22.6. The number of nitrogens with zero attached hydrogens (tertiary/aromatic N) is 3. The highest BCUT2D eigenvalue weighted by Crippen LogP contribution is 2.52. The van der Waals surface area contributed by atoms with Crippen LogP contribution in [0.4, 0.5) is 19.0 Å². The number of anilines is 1. The third-order valence-electron chi connectivity index (χ3n) is 5.86. The van der Waals surface area contributed by atoms with Crippen LogP contribution in [0.2, 0.25) is 0 Å². The van der Waals surface area contributed by atoms with Crippen molar-refractivity contribution in [2.24, 2.45) is 5.92 Å². The zero-order valence-electron chi connectivity index (χ0n) is 17.3. The second-order valence-electron chi connectivity index (χ2n) is 8.21. The smallest absolute Gasteiger partial charge is 0.304 e. The minimum absolute atomic E-state index is 0.0568. The molecular formula is C22H22BrF3N4O. The maximum Gasteiger partial charge on any atom is 0.304 e. The minimum atomic E-state index is -3.72. The molecule has 0 aliphatic heterocycles. The van der Waals surface area contributed by atoms with E-state index in [4.69, 9.17) is 0 Å². The first-order valence-corrected chi connectivity index (χ1v) is 10.8. The number of rotatable bonds is 6. The van der Waals surface area contributed by atoms with Gasteiger partial charge < -0.3 is 10.4 Å². The molecule has 1 saturated carbocycles. The maximum absolute atomic E-state index is 15.3. The number of benzene rings is 1. The average Bonchev–Trinajstić information content (AvgIpc) is 3.54. The summed E-state index contributed by atoms with van der Waals surface area (Å²) in [6.07, 6.45) is 2.60. The molecule has 164 valence electrons. The van der Waals surface area contributed by atoms with Gasteiger partial charge in [0, 0.05) is 10.9 Å². The highest BCUT2D eigenvalue weighted by atomic mass is 79.9. The van der Waals surface area contributed by atoms with Crippen molar-refractivity contribution in [1.29, 1.82) is 0 Å². The number of halogens is 4. The number of pyridine rings is 1. The van der Waals surface area contributed by atoms with Gasteiger partial charge in [0.2, 0.25) is 0 Å². The molecule has 2 aromatic heterocycles. The summed E-state index contributed by atoms with van der Waals surface area (Å²) < 4.78 is 46.1. The van der Waals surface area contributed by atoms with Crippen molar-refractivity contribution in [3.8, 4) is 0 Å². The molecule has 0 spiro atoms. The van der Waals surface area contributed by atoms with E-state index in [2.05, 4.69) is 36.2 Å². The molecule has 0 saturated heterocycles. The summed E-state index contributed by atoms with van der Waals surface area (Å²) in [7, 11) is 0. The van der Waals surface area contributed by atoms with Crippen LogP contribution in [0.25, 0.3) is 10.9 Å². The van der Waals surface area contributed by atoms with Gasteiger partial charge in [-0.3, -0.25) is 0 Å². The van der Waals surface area contributed by atoms with Crippen LogP contribution in [0, 0.1) is 18.7 Å². The molecule has 1 aliphatic carbocycles. The summed E-state index contributed by atoms with van der Waals surface area (Å²) in [5, 5.41) is 14.2. The molecule has 1 fully saturated rings. The summed E-state index contributed by atoms with van der Waals surface area (Å²) in [5.41, 5.74) is -2.44. The minimum Gasteiger partial charge on any atom is -0.383 e. The fourth-order valence-corrected chi connectivity index (χ4v) is 4.15. The lowest BCUT2D eigenvalue weighted by Gasteiger charge is -2.34. The molecule has 31 heavy (non-hydrogen) atoms. The van der Waals surface area contributed by atoms with Gasteiger partial charge in [0.1, 0.15) is 27.7 Å². The maximum atomic E-state index is 15.3. The van der Waals surface area contributed by atoms with E-state index in [0.717, 1.165) is 13.0 Å². The summed E-state index contributed by atoms with van der Waals surface area (Å²) in [6.45, 7) is 4.47. The van der Waals surface area contributed by atoms with Crippen LogP contribution >= 0.6 is 15.9 Å². The number of aliphatic hydroxyl groups is 1. The van der Waals surface area contributed by atoms with Crippen molar-refractivity contribution < 1.29 is 18.3 Å². The number of hydrogen-bond acceptors (Lipinski definition) is 5. The molecule has 0 bridgehead atoms. The van der Waals surface area contributed by atoms with Gasteiger partial charge in [-0.1, -0.05) is 12.1 Å². The molecule has 1 aromatic carbocycles. The Bertz CT molecular complexity index is 1150. The molecule has 0 unspecified atom stereocenters. The molecular weight excluding hydrogens is 473 g/mol. The monoisotopic (exact) mass is 494 g/mol. The first kappa shape index (κ1) is 22.0. The van der Waals surface area contributed by atoms with Gasteiger partial charge in [-0.15, -0.1) is 0 Å². The third-order valence-corrected chi connectivity index (χ3v) is 6.29. The van der Waals surface area contributed by atoms with Gasteiger partial charge in [-0.25, -0.2) is 19.3 Å². The molecule has 0 radical (unpaired) electrons. The van der Waals surface area contributed by atoms with Crippen molar-refractivity contribution in [2.75, 3.05) is 5.32 Å². The van der Waals surface area contributed by atoms with Gasteiger partial charge in [-0.2, -0.15) is 8.78 Å². The van der Waals surface area contributed by atoms with E-state index >= 15 is 13.2 Å². The Morgan fingerprint density at radius 2 is 1.97 bits per heavy atom. The summed E-state index contributed by atoms with van der Waals surface area (Å²) >= 11 is 3.31. The first-order chi connectivity index (χ1) is 14.5. The largest absolute Gasteiger partial charge is 0.383 e. The number of alkyl halides is 2. The van der Waals surface area contributed by atoms with Crippen LogP contribution < -0.4 is 5.32 Å². The van der Waals surface area contributed by atoms with E-state index < -0.39 is 34.9 Å². The number of aromatic nitrogens is 3. The van der Waals surface area contributed by atoms with Crippen molar-refractivity contribution in [1.82, 2.24) is 15.0 Å². The van der Waals surface area contributed by atoms with Gasteiger partial charge in [-0.05, 0) is 67.6 Å². The molecule has 4 rings (SSSR count). The third kappa shape index (κ3) is 3.89. The Labute approximate surface area is 186 Å². The van der Waals surface area contributed by atoms with Crippen LogP contribution in [0.1, 0.15) is 49.7 Å². The molecule has 2 heterocycles. The predicted molar refractivity (Wildman–Crippen MR) is 115 cm³/mol. The predicted octanol–water partition coefficient (Wildman–Crippen LogP) is 5.66. The SMILES string of the molecule is Cc1nc(N[C@H](C)c2cccc(C(F)(F)[C@](C)(O)C3CC3)c2F)c2cc(Br)ncc2n1. The van der Waals surface area contributed by atoms with Crippen molar-refractivity contribution in [3.63, 3.8) is 0 Å². The first-order valence-electron chi connectivity index (χ1n) is 9.98. The van der Waals surface area contributed by atoms with E-state index in [-0.39, 0.29) is 5.56 Å². The van der Waals surface area contributed by atoms with E-state index in [9.17, 15) is 5.11 Å². The fourth-order valence-electron chi connectivity index (χ4n) is 3.82. The molecule has 2 N–H and O–H groups in total. The summed E-state index contributed by atoms with van der Waals surface area (Å²) in [6, 6.07) is 4.93. The lowest BCUT2D eigenvalue weighted by molar-refractivity contribution is -0.191. The van der Waals surface area contributed by atoms with Crippen LogP contribution in [-0.4, -0.2) is 25.7 Å². The van der Waals surface area contributed by atoms with Crippen LogP contribution in [0.3, 0.4) is 0 Å². The lowest BCUT2D eigenvalue weighted by atomic mass is 9.86. The number of aryl methyl sites for hydroxylation is 1. The van der Waals surface area contributed by atoms with Crippen molar-refractivity contribution >= 4 is 32.7 Å². The summed E-state index contributed by atoms with van der Waals surface area (Å²) in [5.74, 6) is -4.36. The quantitative estimate of drug-likeness (QED) is 0.432. The van der Waals surface area contributed by atoms with E-state index in [1.165, 1.54) is 12.1 Å². The van der Waals surface area contributed by atoms with E-state index in [1.807, 2.05) is 0 Å². The van der Waals surface area contributed by atoms with Gasteiger partial charge >= 0.3 is 5.92 Å². The molecule has 3 aromatic rings. The Hall–Kier alpha value is -2.26. The van der Waals surface area contributed by atoms with Crippen LogP contribution in [0.15, 0.2) is 35.1 Å². The highest BCUT2D eigenvalue weighted by Gasteiger charge is 2.59. The number of fused-ring (bicyclic) bond motifs is 1. The Balaban J connectivity index is 1.71. The van der Waals surface area contributed by atoms with E-state index in [0.29, 0.717) is 40.0 Å². The number of hydrogen-bond donors (Lipinski definition) is 2. The topological polar surface area (TPSA) is 70.9 Å². The summed E-state index contributed by atoms with van der Waals surface area (Å²) in [4.78, 5) is 12.9.